The van der Waals surface area contributed by atoms with Crippen molar-refractivity contribution in [1.29, 1.82) is 0 Å². The molecule has 2 unspecified atom stereocenters. The standard InChI is InChI=1S/C11H20N2O4/c1-7-3-2-4-8(7)12-11(17)13-9(5-6-14)10(15)16/h7-9,14H,2-6H2,1H3,(H,15,16)(H2,12,13,17)/t7?,8?,9-/m1/s1. The Hall–Kier alpha value is -1.30. The summed E-state index contributed by atoms with van der Waals surface area (Å²) >= 11 is 0. The SMILES string of the molecule is CC1CCCC1NC(=O)N[C@H](CCO)C(=O)O. The topological polar surface area (TPSA) is 98.7 Å². The van der Waals surface area contributed by atoms with Crippen molar-refractivity contribution in [3.8, 4) is 0 Å². The highest BCUT2D eigenvalue weighted by Gasteiger charge is 2.26. The third kappa shape index (κ3) is 4.22. The molecule has 0 heterocycles. The number of carbonyl (C=O) groups excluding carboxylic acids is 1. The molecule has 98 valence electrons. The number of urea groups is 1. The Morgan fingerprint density at radius 2 is 2.12 bits per heavy atom. The van der Waals surface area contributed by atoms with Gasteiger partial charge in [-0.15, -0.1) is 0 Å². The van der Waals surface area contributed by atoms with Crippen molar-refractivity contribution in [2.45, 2.75) is 44.7 Å². The average Bonchev–Trinajstić information content (AvgIpc) is 2.63. The van der Waals surface area contributed by atoms with Crippen molar-refractivity contribution in [3.63, 3.8) is 0 Å². The van der Waals surface area contributed by atoms with Crippen LogP contribution in [0.15, 0.2) is 0 Å². The highest BCUT2D eigenvalue weighted by molar-refractivity contribution is 5.82. The molecular weight excluding hydrogens is 224 g/mol. The molecule has 1 aliphatic rings. The van der Waals surface area contributed by atoms with Gasteiger partial charge in [-0.25, -0.2) is 9.59 Å². The third-order valence-electron chi connectivity index (χ3n) is 3.20. The lowest BCUT2D eigenvalue weighted by Gasteiger charge is -2.20. The van der Waals surface area contributed by atoms with Crippen LogP contribution in [0.4, 0.5) is 4.79 Å². The minimum Gasteiger partial charge on any atom is -0.480 e. The summed E-state index contributed by atoms with van der Waals surface area (Å²) in [7, 11) is 0. The highest BCUT2D eigenvalue weighted by Crippen LogP contribution is 2.24. The molecule has 0 aromatic rings. The van der Waals surface area contributed by atoms with Crippen LogP contribution in [0.3, 0.4) is 0 Å². The van der Waals surface area contributed by atoms with Gasteiger partial charge in [-0.3, -0.25) is 0 Å². The zero-order valence-electron chi connectivity index (χ0n) is 9.98. The van der Waals surface area contributed by atoms with E-state index in [-0.39, 0.29) is 19.1 Å². The molecule has 0 aromatic carbocycles. The van der Waals surface area contributed by atoms with E-state index in [0.29, 0.717) is 5.92 Å². The van der Waals surface area contributed by atoms with Gasteiger partial charge in [-0.05, 0) is 18.8 Å². The molecule has 1 fully saturated rings. The monoisotopic (exact) mass is 244 g/mol. The van der Waals surface area contributed by atoms with Crippen molar-refractivity contribution in [2.75, 3.05) is 6.61 Å². The second-order valence-corrected chi connectivity index (χ2v) is 4.54. The van der Waals surface area contributed by atoms with Crippen LogP contribution in [0.2, 0.25) is 0 Å². The molecule has 17 heavy (non-hydrogen) atoms. The third-order valence-corrected chi connectivity index (χ3v) is 3.20. The van der Waals surface area contributed by atoms with Crippen LogP contribution in [-0.4, -0.2) is 40.9 Å². The molecule has 3 atom stereocenters. The number of hydrogen-bond acceptors (Lipinski definition) is 3. The first-order valence-electron chi connectivity index (χ1n) is 5.95. The predicted molar refractivity (Wildman–Crippen MR) is 61.6 cm³/mol. The Labute approximate surface area is 100 Å². The fourth-order valence-electron chi connectivity index (χ4n) is 2.11. The minimum atomic E-state index is -1.13. The number of rotatable bonds is 5. The number of carboxylic acids is 1. The molecule has 6 heteroatoms. The summed E-state index contributed by atoms with van der Waals surface area (Å²) in [6, 6.07) is -1.38. The normalized spacial score (nSPS) is 25.3. The van der Waals surface area contributed by atoms with E-state index in [2.05, 4.69) is 17.6 Å². The molecule has 0 bridgehead atoms. The number of nitrogens with one attached hydrogen (secondary N) is 2. The van der Waals surface area contributed by atoms with E-state index in [4.69, 9.17) is 10.2 Å². The summed E-state index contributed by atoms with van der Waals surface area (Å²) in [6.45, 7) is 1.80. The maximum absolute atomic E-state index is 11.6. The molecule has 2 amide bonds. The van der Waals surface area contributed by atoms with Crippen LogP contribution in [0, 0.1) is 5.92 Å². The Bertz CT molecular complexity index is 283. The van der Waals surface area contributed by atoms with E-state index in [1.54, 1.807) is 0 Å². The smallest absolute Gasteiger partial charge is 0.326 e. The van der Waals surface area contributed by atoms with Crippen molar-refractivity contribution < 1.29 is 19.8 Å². The lowest BCUT2D eigenvalue weighted by atomic mass is 10.1. The predicted octanol–water partition coefficient (Wildman–Crippen LogP) is 0.310. The summed E-state index contributed by atoms with van der Waals surface area (Å²) in [5.74, 6) is -0.699. The van der Waals surface area contributed by atoms with Crippen LogP contribution in [0.25, 0.3) is 0 Å². The zero-order valence-corrected chi connectivity index (χ0v) is 9.98. The molecule has 1 aliphatic carbocycles. The van der Waals surface area contributed by atoms with E-state index in [1.807, 2.05) is 0 Å². The first-order chi connectivity index (χ1) is 8.04. The Morgan fingerprint density at radius 3 is 2.59 bits per heavy atom. The van der Waals surface area contributed by atoms with E-state index in [9.17, 15) is 9.59 Å². The number of hydrogen-bond donors (Lipinski definition) is 4. The van der Waals surface area contributed by atoms with Crippen LogP contribution >= 0.6 is 0 Å². The first-order valence-corrected chi connectivity index (χ1v) is 5.95. The average molecular weight is 244 g/mol. The molecular formula is C11H20N2O4. The molecule has 0 spiro atoms. The summed E-state index contributed by atoms with van der Waals surface area (Å²) in [5.41, 5.74) is 0. The molecule has 0 aliphatic heterocycles. The second kappa shape index (κ2) is 6.44. The van der Waals surface area contributed by atoms with Crippen molar-refractivity contribution in [1.82, 2.24) is 10.6 Å². The Balaban J connectivity index is 2.39. The highest BCUT2D eigenvalue weighted by atomic mass is 16.4. The van der Waals surface area contributed by atoms with Crippen molar-refractivity contribution in [2.24, 2.45) is 5.92 Å². The van der Waals surface area contributed by atoms with Gasteiger partial charge in [0.2, 0.25) is 0 Å². The maximum atomic E-state index is 11.6. The summed E-state index contributed by atoms with van der Waals surface area (Å²) in [5, 5.41) is 22.6. The van der Waals surface area contributed by atoms with Crippen LogP contribution in [-0.2, 0) is 4.79 Å². The van der Waals surface area contributed by atoms with Gasteiger partial charge in [0.05, 0.1) is 0 Å². The zero-order chi connectivity index (χ0) is 12.8. The van der Waals surface area contributed by atoms with E-state index >= 15 is 0 Å². The van der Waals surface area contributed by atoms with Gasteiger partial charge in [0, 0.05) is 19.1 Å². The maximum Gasteiger partial charge on any atom is 0.326 e. The van der Waals surface area contributed by atoms with Crippen molar-refractivity contribution >= 4 is 12.0 Å². The molecule has 1 rings (SSSR count). The van der Waals surface area contributed by atoms with Gasteiger partial charge in [0.1, 0.15) is 6.04 Å². The molecule has 1 saturated carbocycles. The fraction of sp³-hybridized carbons (Fsp3) is 0.818. The lowest BCUT2D eigenvalue weighted by Crippen LogP contribution is -2.49. The van der Waals surface area contributed by atoms with Gasteiger partial charge in [-0.1, -0.05) is 13.3 Å². The van der Waals surface area contributed by atoms with Gasteiger partial charge in [0.15, 0.2) is 0 Å². The Morgan fingerprint density at radius 1 is 1.41 bits per heavy atom. The number of carboxylic acid groups (broad SMARTS) is 1. The number of amides is 2. The number of aliphatic hydroxyl groups excluding tert-OH is 1. The summed E-state index contributed by atoms with van der Waals surface area (Å²) < 4.78 is 0. The van der Waals surface area contributed by atoms with Gasteiger partial charge in [0.25, 0.3) is 0 Å². The molecule has 0 radical (unpaired) electrons. The summed E-state index contributed by atoms with van der Waals surface area (Å²) in [6.07, 6.45) is 3.13. The molecule has 4 N–H and O–H groups in total. The quantitative estimate of drug-likeness (QED) is 0.559. The molecule has 0 saturated heterocycles. The molecule has 0 aromatic heterocycles. The van der Waals surface area contributed by atoms with Crippen LogP contribution < -0.4 is 10.6 Å². The van der Waals surface area contributed by atoms with E-state index < -0.39 is 18.0 Å². The van der Waals surface area contributed by atoms with E-state index in [0.717, 1.165) is 19.3 Å². The first kappa shape index (κ1) is 13.8. The number of aliphatic hydroxyl groups is 1. The fourth-order valence-corrected chi connectivity index (χ4v) is 2.11. The summed E-state index contributed by atoms with van der Waals surface area (Å²) in [4.78, 5) is 22.3. The largest absolute Gasteiger partial charge is 0.480 e. The van der Waals surface area contributed by atoms with Gasteiger partial charge < -0.3 is 20.8 Å². The Kier molecular flexibility index (Phi) is 5.21. The minimum absolute atomic E-state index is 0.0168. The van der Waals surface area contributed by atoms with Gasteiger partial charge in [-0.2, -0.15) is 0 Å². The lowest BCUT2D eigenvalue weighted by molar-refractivity contribution is -0.139. The van der Waals surface area contributed by atoms with Crippen molar-refractivity contribution in [3.05, 3.63) is 0 Å². The van der Waals surface area contributed by atoms with Crippen LogP contribution in [0.1, 0.15) is 32.6 Å². The number of carbonyl (C=O) groups is 2. The van der Waals surface area contributed by atoms with E-state index in [1.165, 1.54) is 0 Å². The second-order valence-electron chi connectivity index (χ2n) is 4.54. The number of aliphatic carboxylic acids is 1. The van der Waals surface area contributed by atoms with Crippen LogP contribution in [0.5, 0.6) is 0 Å². The molecule has 6 nitrogen and oxygen atoms in total. The van der Waals surface area contributed by atoms with Gasteiger partial charge >= 0.3 is 12.0 Å².